The maximum absolute atomic E-state index is 15.0. The van der Waals surface area contributed by atoms with E-state index < -0.39 is 59.0 Å². The van der Waals surface area contributed by atoms with Gasteiger partial charge in [-0.15, -0.1) is 0 Å². The number of aromatic nitrogens is 10. The molecule has 0 spiro atoms. The molecule has 0 unspecified atom stereocenters. The van der Waals surface area contributed by atoms with Crippen LogP contribution in [-0.2, 0) is 64.1 Å². The summed E-state index contributed by atoms with van der Waals surface area (Å²) in [5, 5.41) is 58.8. The monoisotopic (exact) mass is 1670 g/mol. The zero-order valence-corrected chi connectivity index (χ0v) is 68.1. The molecule has 3 N–H and O–H groups in total. The number of aliphatic hydroxyl groups excluding tert-OH is 2. The largest absolute Gasteiger partial charge is 0.443 e. The number of nitriles is 2. The first-order valence-corrected chi connectivity index (χ1v) is 40.1. The van der Waals surface area contributed by atoms with E-state index in [-0.39, 0.29) is 111 Å². The van der Waals surface area contributed by atoms with E-state index in [9.17, 15) is 44.3 Å². The van der Waals surface area contributed by atoms with E-state index in [4.69, 9.17) is 54.6 Å². The fourth-order valence-corrected chi connectivity index (χ4v) is 15.7. The lowest BCUT2D eigenvalue weighted by Gasteiger charge is -2.24. The molecule has 8 atom stereocenters. The summed E-state index contributed by atoms with van der Waals surface area (Å²) in [6.07, 6.45) is 5.15. The average Bonchev–Trinajstić information content (AvgIpc) is 1.62. The van der Waals surface area contributed by atoms with E-state index in [2.05, 4.69) is 82.6 Å². The number of anilines is 4. The van der Waals surface area contributed by atoms with Crippen molar-refractivity contribution in [2.24, 2.45) is 0 Å². The van der Waals surface area contributed by atoms with Gasteiger partial charge in [-0.3, -0.25) is 24.1 Å². The maximum Gasteiger partial charge on any atom is 0.417 e. The van der Waals surface area contributed by atoms with Gasteiger partial charge in [0.25, 0.3) is 11.8 Å². The number of β-amino-alcohol motifs (C(OH)–C–C–N with tert-alkyl or cyclic N) is 2. The molecule has 19 rings (SSSR count). The van der Waals surface area contributed by atoms with Gasteiger partial charge in [-0.05, 0) is 89.1 Å². The Labute approximate surface area is 700 Å². The van der Waals surface area contributed by atoms with Crippen molar-refractivity contribution in [2.75, 3.05) is 112 Å². The van der Waals surface area contributed by atoms with Gasteiger partial charge in [0, 0.05) is 95.2 Å². The molecule has 35 heteroatoms. The summed E-state index contributed by atoms with van der Waals surface area (Å²) in [4.78, 5) is 70.4. The summed E-state index contributed by atoms with van der Waals surface area (Å²) >= 11 is 6.23. The van der Waals surface area contributed by atoms with Gasteiger partial charge in [0.1, 0.15) is 65.3 Å². The smallest absolute Gasteiger partial charge is 0.417 e. The molecule has 4 amide bonds. The molecular weight excluding hydrogens is 1580 g/mol. The quantitative estimate of drug-likeness (QED) is 0.108. The second-order valence-corrected chi connectivity index (χ2v) is 32.3. The number of fused-ring (bicyclic) bond motifs is 5. The van der Waals surface area contributed by atoms with Crippen molar-refractivity contribution in [3.8, 4) is 40.3 Å². The van der Waals surface area contributed by atoms with Crippen LogP contribution < -0.4 is 19.6 Å². The average molecular weight is 1670 g/mol. The van der Waals surface area contributed by atoms with Crippen molar-refractivity contribution in [1.29, 1.82) is 10.5 Å². The number of aromatic amines is 1. The molecule has 0 aliphatic carbocycles. The van der Waals surface area contributed by atoms with Crippen molar-refractivity contribution in [1.82, 2.24) is 59.3 Å². The van der Waals surface area contributed by atoms with Crippen molar-refractivity contribution in [3.05, 3.63) is 220 Å². The van der Waals surface area contributed by atoms with E-state index in [1.807, 2.05) is 80.1 Å². The van der Waals surface area contributed by atoms with Crippen LogP contribution in [0.2, 0.25) is 5.02 Å². The van der Waals surface area contributed by atoms with Crippen molar-refractivity contribution >= 4 is 58.9 Å². The fraction of sp³-hybridized carbons (Fsp3) is 0.395. The van der Waals surface area contributed by atoms with Crippen molar-refractivity contribution in [2.45, 2.75) is 128 Å². The fourth-order valence-electron chi connectivity index (χ4n) is 15.4. The zero-order valence-electron chi connectivity index (χ0n) is 67.4. The van der Waals surface area contributed by atoms with Crippen LogP contribution in [0.5, 0.6) is 0 Å². The van der Waals surface area contributed by atoms with E-state index >= 15 is 4.39 Å². The van der Waals surface area contributed by atoms with Gasteiger partial charge in [0.05, 0.1) is 163 Å². The number of halogens is 3. The molecule has 121 heavy (non-hydrogen) atoms. The number of rotatable bonds is 11. The highest BCUT2D eigenvalue weighted by Gasteiger charge is 2.44. The third-order valence-electron chi connectivity index (χ3n) is 21.1. The lowest BCUT2D eigenvalue weighted by Crippen LogP contribution is -2.37. The van der Waals surface area contributed by atoms with Gasteiger partial charge in [-0.1, -0.05) is 84.4 Å². The number of hydrogen-bond acceptors (Lipinski definition) is 26. The summed E-state index contributed by atoms with van der Waals surface area (Å²) in [6.45, 7) is 20.9. The highest BCUT2D eigenvalue weighted by Crippen LogP contribution is 2.39. The van der Waals surface area contributed by atoms with Crippen LogP contribution in [0.3, 0.4) is 0 Å². The Hall–Kier alpha value is -12.1. The summed E-state index contributed by atoms with van der Waals surface area (Å²) in [5.41, 5.74) is 2.30. The topological polar surface area (TPSA) is 358 Å². The van der Waals surface area contributed by atoms with Crippen LogP contribution in [-0.4, -0.2) is 246 Å². The first-order chi connectivity index (χ1) is 58.3. The Morgan fingerprint density at radius 3 is 1.32 bits per heavy atom. The van der Waals surface area contributed by atoms with Crippen LogP contribution in [0.4, 0.5) is 41.6 Å². The Morgan fingerprint density at radius 2 is 0.901 bits per heavy atom. The minimum Gasteiger partial charge on any atom is -0.443 e. The molecule has 9 aliphatic rings. The molecule has 0 bridgehead atoms. The molecule has 630 valence electrons. The number of carbonyl (C=O) groups is 4. The summed E-state index contributed by atoms with van der Waals surface area (Å²) in [6, 6.07) is 43.3. The Kier molecular flexibility index (Phi) is 25.3. The molecule has 10 aromatic rings. The Morgan fingerprint density at radius 1 is 0.504 bits per heavy atom. The summed E-state index contributed by atoms with van der Waals surface area (Å²) in [7, 11) is 0. The molecule has 0 saturated carbocycles. The van der Waals surface area contributed by atoms with Gasteiger partial charge in [0.15, 0.2) is 17.5 Å². The number of hydrogen-bond donors (Lipinski definition) is 3. The van der Waals surface area contributed by atoms with Gasteiger partial charge in [0.2, 0.25) is 0 Å². The Balaban J connectivity index is 0.000000123. The molecule has 7 saturated heterocycles. The lowest BCUT2D eigenvalue weighted by molar-refractivity contribution is -0.116. The molecule has 9 aliphatic heterocycles. The first kappa shape index (κ1) is 83.9. The minimum atomic E-state index is -0.820. The maximum atomic E-state index is 15.0. The minimum absolute atomic E-state index is 0.00233. The van der Waals surface area contributed by atoms with Gasteiger partial charge in [-0.25, -0.2) is 42.8 Å². The third kappa shape index (κ3) is 19.5. The van der Waals surface area contributed by atoms with Crippen LogP contribution in [0, 0.1) is 34.3 Å². The van der Waals surface area contributed by atoms with Gasteiger partial charge >= 0.3 is 12.2 Å². The molecular formula is C86H91ClF2N18O14. The molecule has 0 radical (unpaired) electrons. The van der Waals surface area contributed by atoms with Crippen molar-refractivity contribution in [3.63, 3.8) is 0 Å². The second-order valence-electron chi connectivity index (χ2n) is 31.9. The number of nitrogens with zero attached hydrogens (tertiary/aromatic N) is 17. The van der Waals surface area contributed by atoms with Crippen LogP contribution in [0.1, 0.15) is 95.9 Å². The number of pyridine rings is 2. The van der Waals surface area contributed by atoms with Crippen LogP contribution in [0.25, 0.3) is 28.2 Å². The number of H-pyrrole nitrogens is 1. The molecule has 6 aromatic heterocycles. The highest BCUT2D eigenvalue weighted by molar-refractivity contribution is 6.35. The second kappa shape index (κ2) is 36.5. The zero-order chi connectivity index (χ0) is 84.8. The van der Waals surface area contributed by atoms with E-state index in [0.29, 0.717) is 64.1 Å². The number of benzene rings is 4. The van der Waals surface area contributed by atoms with E-state index in [1.165, 1.54) is 64.3 Å². The molecule has 15 heterocycles. The van der Waals surface area contributed by atoms with Crippen LogP contribution >= 0.6 is 11.6 Å². The Bertz CT molecular complexity index is 5410. The van der Waals surface area contributed by atoms with Gasteiger partial charge < -0.3 is 67.7 Å². The molecule has 4 aromatic carbocycles. The predicted molar refractivity (Wildman–Crippen MR) is 436 cm³/mol. The third-order valence-corrected chi connectivity index (χ3v) is 21.4. The summed E-state index contributed by atoms with van der Waals surface area (Å²) < 4.78 is 79.7. The molecule has 7 fully saturated rings. The lowest BCUT2D eigenvalue weighted by atomic mass is 10.0. The van der Waals surface area contributed by atoms with Crippen LogP contribution in [0.15, 0.2) is 158 Å². The van der Waals surface area contributed by atoms with Crippen molar-refractivity contribution < 1.29 is 76.1 Å². The highest BCUT2D eigenvalue weighted by atomic mass is 35.5. The first-order valence-electron chi connectivity index (χ1n) is 39.8. The SMILES string of the molecule is CC(C)(C)OC(=O)N1Cc2nc(-c3c(F)cccc3C#N)cc(-n3ccc(N4C[C@@H]5OCCO[C@@H]5C4)n3)c2C1=O.CC(C)(C)OC(=O)N1Cc2nc(-c3c(F)cccc3C#N)cc(Cl)c2C1=O.O[C@@H]1CN(c2ccn(Cc3ccccc3)n2)C[C@@H]1O.c1cc(N2C[C@@H]3OCCO[C@@H]3C2)[nH]n1.c1ccc(Cn2ccc(N3C[C@@H]4OCCO[C@@H]4C3)n2)cc1. The summed E-state index contributed by atoms with van der Waals surface area (Å²) in [5.74, 6) is 1.01. The van der Waals surface area contributed by atoms with Gasteiger partial charge in [-0.2, -0.15) is 30.9 Å². The number of imide groups is 2. The normalized spacial score (nSPS) is 21.3. The number of carbonyl (C=O) groups excluding carboxylic acids is 4. The number of amides is 4. The number of nitrogens with one attached hydrogen (secondary N) is 1. The number of aliphatic hydroxyl groups is 2. The molecule has 32 nitrogen and oxygen atoms in total. The predicted octanol–water partition coefficient (Wildman–Crippen LogP) is 9.77. The standard InChI is InChI=1S/C28H27FN6O5.C19H15ClFN3O3.C16H19N3O2.C14H17N3O2.C9H13N3O2/c1-28(2,3)40-27(37)34-13-19-25(26(34)36)20(11-18(31-19)24-16(12-30)5-4-6-17(24)29)35-8-7-23(32-35)33-14-21-22(15-33)39-10-9-38-21;1-19(2,3)27-18(26)24-9-14-16(17(24)25)11(20)7-13(23-14)15-10(8-22)5-4-6-12(15)21;1-2-4-13(5-3-1)10-19-7-6-16(17-19)18-11-14-15(12-18)21-9-8-20-14;18-12-9-16(10-13(12)19)14-6-7-17(15-14)8-11-4-2-1-3-5-11;1-2-10-11-9(1)12-5-7-8(6-12)14-4-3-13-7/h4-8,11,21-22H,9-10,13-15H2,1-3H3;4-7H,9H2,1-3H3;1-7,14-15H,8-12H2;1-7,12-13,18-19H,8-10H2;1-2,7-8H,3-6H2,(H,10,11)/t21-,22+;;14-,15+;12-,13+;7-,8+. The van der Waals surface area contributed by atoms with E-state index in [0.717, 1.165) is 79.7 Å². The van der Waals surface area contributed by atoms with E-state index in [1.54, 1.807) is 60.0 Å². The number of ether oxygens (including phenoxy) is 8.